The van der Waals surface area contributed by atoms with Crippen LogP contribution in [0.3, 0.4) is 0 Å². The van der Waals surface area contributed by atoms with Crippen molar-refractivity contribution in [3.8, 4) is 0 Å². The molecule has 1 aliphatic rings. The third-order valence-electron chi connectivity index (χ3n) is 2.73. The minimum absolute atomic E-state index is 0. The van der Waals surface area contributed by atoms with E-state index in [1.54, 1.807) is 7.05 Å². The average molecular weight is 281 g/mol. The summed E-state index contributed by atoms with van der Waals surface area (Å²) in [5.74, 6) is 0. The number of halogens is 1. The fraction of sp³-hybridized carbons (Fsp3) is 0.667. The first-order valence-electron chi connectivity index (χ1n) is 5.23. The number of nitrogens with zero attached hydrogens (tertiary/aromatic N) is 3. The molecule has 1 N–H and O–H groups in total. The first kappa shape index (κ1) is 14.4. The van der Waals surface area contributed by atoms with Gasteiger partial charge in [-0.3, -0.25) is 4.68 Å². The van der Waals surface area contributed by atoms with Crippen LogP contribution < -0.4 is 5.32 Å². The molecule has 0 bridgehead atoms. The first-order chi connectivity index (χ1) is 7.51. The van der Waals surface area contributed by atoms with Crippen LogP contribution in [0.25, 0.3) is 0 Å². The summed E-state index contributed by atoms with van der Waals surface area (Å²) < 4.78 is 27.5. The highest BCUT2D eigenvalue weighted by Crippen LogP contribution is 2.18. The molecular weight excluding hydrogens is 264 g/mol. The van der Waals surface area contributed by atoms with Crippen molar-refractivity contribution in [2.45, 2.75) is 17.9 Å². The zero-order valence-corrected chi connectivity index (χ0v) is 11.5. The zero-order chi connectivity index (χ0) is 11.8. The van der Waals surface area contributed by atoms with Gasteiger partial charge in [0.15, 0.2) is 0 Å². The molecule has 17 heavy (non-hydrogen) atoms. The average Bonchev–Trinajstić information content (AvgIpc) is 2.66. The summed E-state index contributed by atoms with van der Waals surface area (Å²) in [4.78, 5) is 0.267. The van der Waals surface area contributed by atoms with E-state index in [-0.39, 0.29) is 23.3 Å². The van der Waals surface area contributed by atoms with Gasteiger partial charge in [0, 0.05) is 38.9 Å². The Hall–Kier alpha value is -0.630. The van der Waals surface area contributed by atoms with E-state index in [1.165, 1.54) is 21.4 Å². The molecule has 0 amide bonds. The molecule has 2 rings (SSSR count). The van der Waals surface area contributed by atoms with Gasteiger partial charge in [0.1, 0.15) is 4.90 Å². The van der Waals surface area contributed by atoms with Crippen LogP contribution in [0.5, 0.6) is 0 Å². The van der Waals surface area contributed by atoms with E-state index < -0.39 is 10.0 Å². The normalized spacial score (nSPS) is 22.1. The van der Waals surface area contributed by atoms with E-state index in [0.717, 1.165) is 0 Å². The molecule has 1 aromatic rings. The van der Waals surface area contributed by atoms with Crippen LogP contribution in [0.4, 0.5) is 0 Å². The fourth-order valence-corrected chi connectivity index (χ4v) is 3.46. The molecule has 0 spiro atoms. The Balaban J connectivity index is 0.00000144. The molecule has 1 aromatic heterocycles. The number of aromatic nitrogens is 2. The quantitative estimate of drug-likeness (QED) is 0.816. The van der Waals surface area contributed by atoms with Gasteiger partial charge < -0.3 is 5.32 Å². The molecule has 1 saturated heterocycles. The number of hydrogen-bond acceptors (Lipinski definition) is 4. The topological polar surface area (TPSA) is 67.2 Å². The van der Waals surface area contributed by atoms with Crippen LogP contribution >= 0.6 is 12.4 Å². The van der Waals surface area contributed by atoms with Gasteiger partial charge in [0.25, 0.3) is 0 Å². The molecule has 8 heteroatoms. The summed E-state index contributed by atoms with van der Waals surface area (Å²) in [6.45, 7) is 3.81. The van der Waals surface area contributed by atoms with Crippen molar-refractivity contribution in [2.75, 3.05) is 19.6 Å². The van der Waals surface area contributed by atoms with Gasteiger partial charge in [0.05, 0.1) is 6.20 Å². The molecule has 0 aromatic carbocycles. The van der Waals surface area contributed by atoms with Crippen molar-refractivity contribution >= 4 is 22.4 Å². The van der Waals surface area contributed by atoms with Gasteiger partial charge in [-0.1, -0.05) is 0 Å². The number of sulfonamides is 1. The summed E-state index contributed by atoms with van der Waals surface area (Å²) in [7, 11) is -1.67. The second kappa shape index (κ2) is 5.34. The summed E-state index contributed by atoms with van der Waals surface area (Å²) in [5, 5.41) is 7.06. The molecule has 1 fully saturated rings. The Labute approximate surface area is 107 Å². The smallest absolute Gasteiger partial charge is 0.246 e. The van der Waals surface area contributed by atoms with Crippen LogP contribution in [0, 0.1) is 0 Å². The molecular formula is C9H17ClN4O2S. The molecule has 0 radical (unpaired) electrons. The maximum Gasteiger partial charge on any atom is 0.246 e. The Bertz CT molecular complexity index is 473. The Morgan fingerprint density at radius 3 is 2.76 bits per heavy atom. The second-order valence-corrected chi connectivity index (χ2v) is 5.91. The maximum atomic E-state index is 12.3. The largest absolute Gasteiger partial charge is 0.314 e. The standard InChI is InChI=1S/C9H16N4O2S.ClH/c1-8-5-10-3-4-13(8)16(14,15)9-6-11-12(2)7-9;/h6-8,10H,3-5H2,1-2H3;1H/t8-;/m0./s1. The van der Waals surface area contributed by atoms with Crippen molar-refractivity contribution in [3.05, 3.63) is 12.4 Å². The van der Waals surface area contributed by atoms with E-state index in [0.29, 0.717) is 19.6 Å². The minimum atomic E-state index is -3.38. The molecule has 1 atom stereocenters. The number of hydrogen-bond donors (Lipinski definition) is 1. The van der Waals surface area contributed by atoms with Crippen LogP contribution in [0.15, 0.2) is 17.3 Å². The van der Waals surface area contributed by atoms with E-state index >= 15 is 0 Å². The highest BCUT2D eigenvalue weighted by atomic mass is 35.5. The van der Waals surface area contributed by atoms with E-state index in [2.05, 4.69) is 10.4 Å². The molecule has 2 heterocycles. The predicted molar refractivity (Wildman–Crippen MR) is 66.7 cm³/mol. The van der Waals surface area contributed by atoms with Gasteiger partial charge in [-0.25, -0.2) is 8.42 Å². The van der Waals surface area contributed by atoms with E-state index in [1.807, 2.05) is 6.92 Å². The SMILES string of the molecule is C[C@H]1CNCCN1S(=O)(=O)c1cnn(C)c1.Cl. The lowest BCUT2D eigenvalue weighted by molar-refractivity contribution is 0.284. The highest BCUT2D eigenvalue weighted by molar-refractivity contribution is 7.89. The minimum Gasteiger partial charge on any atom is -0.314 e. The lowest BCUT2D eigenvalue weighted by Crippen LogP contribution is -2.52. The molecule has 6 nitrogen and oxygen atoms in total. The third kappa shape index (κ3) is 2.79. The summed E-state index contributed by atoms with van der Waals surface area (Å²) in [5.41, 5.74) is 0. The second-order valence-electron chi connectivity index (χ2n) is 4.02. The number of piperazine rings is 1. The van der Waals surface area contributed by atoms with E-state index in [4.69, 9.17) is 0 Å². The lowest BCUT2D eigenvalue weighted by Gasteiger charge is -2.32. The number of rotatable bonds is 2. The fourth-order valence-electron chi connectivity index (χ4n) is 1.85. The monoisotopic (exact) mass is 280 g/mol. The summed E-state index contributed by atoms with van der Waals surface area (Å²) in [6.07, 6.45) is 2.92. The van der Waals surface area contributed by atoms with Crippen LogP contribution in [0.1, 0.15) is 6.92 Å². The first-order valence-corrected chi connectivity index (χ1v) is 6.67. The van der Waals surface area contributed by atoms with Crippen molar-refractivity contribution in [1.29, 1.82) is 0 Å². The van der Waals surface area contributed by atoms with E-state index in [9.17, 15) is 8.42 Å². The molecule has 98 valence electrons. The third-order valence-corrected chi connectivity index (χ3v) is 4.69. The van der Waals surface area contributed by atoms with Crippen molar-refractivity contribution in [3.63, 3.8) is 0 Å². The van der Waals surface area contributed by atoms with Crippen LogP contribution in [0.2, 0.25) is 0 Å². The highest BCUT2D eigenvalue weighted by Gasteiger charge is 2.31. The lowest BCUT2D eigenvalue weighted by atomic mass is 10.3. The number of aryl methyl sites for hydroxylation is 1. The Morgan fingerprint density at radius 1 is 1.53 bits per heavy atom. The van der Waals surface area contributed by atoms with Gasteiger partial charge in [-0.2, -0.15) is 9.40 Å². The molecule has 1 aliphatic heterocycles. The van der Waals surface area contributed by atoms with Crippen molar-refractivity contribution < 1.29 is 8.42 Å². The van der Waals surface area contributed by atoms with Crippen molar-refractivity contribution in [1.82, 2.24) is 19.4 Å². The van der Waals surface area contributed by atoms with Gasteiger partial charge >= 0.3 is 0 Å². The van der Waals surface area contributed by atoms with Crippen molar-refractivity contribution in [2.24, 2.45) is 7.05 Å². The maximum absolute atomic E-state index is 12.3. The summed E-state index contributed by atoms with van der Waals surface area (Å²) >= 11 is 0. The van der Waals surface area contributed by atoms with Crippen LogP contribution in [-0.2, 0) is 17.1 Å². The molecule has 0 aliphatic carbocycles. The Morgan fingerprint density at radius 2 is 2.24 bits per heavy atom. The van der Waals surface area contributed by atoms with Crippen LogP contribution in [-0.4, -0.2) is 48.2 Å². The summed E-state index contributed by atoms with van der Waals surface area (Å²) in [6, 6.07) is -0.0149. The molecule has 0 unspecified atom stereocenters. The zero-order valence-electron chi connectivity index (χ0n) is 9.83. The van der Waals surface area contributed by atoms with Gasteiger partial charge in [-0.15, -0.1) is 12.4 Å². The molecule has 0 saturated carbocycles. The van der Waals surface area contributed by atoms with Gasteiger partial charge in [-0.05, 0) is 6.92 Å². The number of nitrogens with one attached hydrogen (secondary N) is 1. The Kier molecular flexibility index (Phi) is 4.54. The predicted octanol–water partition coefficient (Wildman–Crippen LogP) is -0.176. The van der Waals surface area contributed by atoms with Gasteiger partial charge in [0.2, 0.25) is 10.0 Å².